The highest BCUT2D eigenvalue weighted by Gasteiger charge is 2.19. The summed E-state index contributed by atoms with van der Waals surface area (Å²) < 4.78 is 1.82. The molecule has 0 bridgehead atoms. The van der Waals surface area contributed by atoms with E-state index in [1.165, 1.54) is 18.2 Å². The molecule has 0 aliphatic heterocycles. The Kier molecular flexibility index (Phi) is 5.75. The first-order chi connectivity index (χ1) is 11.8. The molecule has 132 valence electrons. The minimum Gasteiger partial charge on any atom is -0.478 e. The van der Waals surface area contributed by atoms with Gasteiger partial charge in [-0.2, -0.15) is 5.10 Å². The van der Waals surface area contributed by atoms with Gasteiger partial charge in [0.1, 0.15) is 0 Å². The first-order valence-electron chi connectivity index (χ1n) is 8.15. The van der Waals surface area contributed by atoms with Crippen molar-refractivity contribution in [1.82, 2.24) is 15.1 Å². The number of benzene rings is 1. The summed E-state index contributed by atoms with van der Waals surface area (Å²) in [5.74, 6) is -1.17. The first kappa shape index (κ1) is 18.4. The quantitative estimate of drug-likeness (QED) is 0.791. The van der Waals surface area contributed by atoms with Gasteiger partial charge in [0, 0.05) is 24.4 Å². The van der Waals surface area contributed by atoms with Gasteiger partial charge in [0.05, 0.1) is 17.3 Å². The van der Waals surface area contributed by atoms with Gasteiger partial charge >= 0.3 is 5.97 Å². The number of hydrogen-bond acceptors (Lipinski definition) is 3. The molecule has 0 aliphatic carbocycles. The van der Waals surface area contributed by atoms with Crippen LogP contribution in [-0.2, 0) is 11.8 Å². The van der Waals surface area contributed by atoms with Crippen molar-refractivity contribution in [3.05, 3.63) is 58.4 Å². The SMILES string of the molecule is CC[C@@H](NC(=O)/C=C/c1ccc(C(=O)O)cc1)c1c(C)nn(C)c1C. The maximum atomic E-state index is 12.2. The molecular formula is C19H23N3O3. The van der Waals surface area contributed by atoms with Gasteiger partial charge in [-0.15, -0.1) is 0 Å². The summed E-state index contributed by atoms with van der Waals surface area (Å²) >= 11 is 0. The number of aromatic carboxylic acids is 1. The minimum atomic E-state index is -0.971. The lowest BCUT2D eigenvalue weighted by Crippen LogP contribution is -2.27. The fraction of sp³-hybridized carbons (Fsp3) is 0.316. The van der Waals surface area contributed by atoms with E-state index >= 15 is 0 Å². The number of amides is 1. The molecule has 1 heterocycles. The van der Waals surface area contributed by atoms with E-state index in [0.29, 0.717) is 0 Å². The summed E-state index contributed by atoms with van der Waals surface area (Å²) in [7, 11) is 1.89. The Morgan fingerprint density at radius 1 is 1.28 bits per heavy atom. The minimum absolute atomic E-state index is 0.0970. The maximum absolute atomic E-state index is 12.2. The summed E-state index contributed by atoms with van der Waals surface area (Å²) in [4.78, 5) is 23.1. The number of carbonyl (C=O) groups excluding carboxylic acids is 1. The molecule has 0 spiro atoms. The van der Waals surface area contributed by atoms with Crippen molar-refractivity contribution in [1.29, 1.82) is 0 Å². The fourth-order valence-electron chi connectivity index (χ4n) is 2.80. The number of hydrogen-bond donors (Lipinski definition) is 2. The zero-order chi connectivity index (χ0) is 18.6. The molecule has 0 saturated heterocycles. The summed E-state index contributed by atoms with van der Waals surface area (Å²) in [6.45, 7) is 5.95. The van der Waals surface area contributed by atoms with Crippen molar-refractivity contribution >= 4 is 18.0 Å². The number of rotatable bonds is 6. The Labute approximate surface area is 147 Å². The molecule has 1 aromatic carbocycles. The van der Waals surface area contributed by atoms with E-state index in [0.717, 1.165) is 28.9 Å². The van der Waals surface area contributed by atoms with Crippen molar-refractivity contribution in [2.24, 2.45) is 7.05 Å². The standard InChI is InChI=1S/C19H23N3O3/c1-5-16(18-12(2)21-22(4)13(18)3)20-17(23)11-8-14-6-9-15(10-7-14)19(24)25/h6-11,16H,5H2,1-4H3,(H,20,23)(H,24,25)/b11-8+/t16-/m1/s1. The van der Waals surface area contributed by atoms with Crippen LogP contribution in [0.3, 0.4) is 0 Å². The summed E-state index contributed by atoms with van der Waals surface area (Å²) in [6.07, 6.45) is 3.89. The highest BCUT2D eigenvalue weighted by Crippen LogP contribution is 2.23. The number of nitrogens with one attached hydrogen (secondary N) is 1. The Morgan fingerprint density at radius 3 is 2.40 bits per heavy atom. The number of carboxylic acid groups (broad SMARTS) is 1. The molecule has 1 aromatic heterocycles. The van der Waals surface area contributed by atoms with Gasteiger partial charge < -0.3 is 10.4 Å². The molecule has 0 unspecified atom stereocenters. The van der Waals surface area contributed by atoms with Crippen LogP contribution in [0.15, 0.2) is 30.3 Å². The molecule has 2 aromatic rings. The van der Waals surface area contributed by atoms with Crippen molar-refractivity contribution in [2.45, 2.75) is 33.2 Å². The van der Waals surface area contributed by atoms with Crippen LogP contribution in [-0.4, -0.2) is 26.8 Å². The van der Waals surface area contributed by atoms with E-state index in [1.54, 1.807) is 18.2 Å². The van der Waals surface area contributed by atoms with Crippen LogP contribution < -0.4 is 5.32 Å². The van der Waals surface area contributed by atoms with Gasteiger partial charge in [-0.05, 0) is 44.0 Å². The van der Waals surface area contributed by atoms with Gasteiger partial charge in [0.2, 0.25) is 5.91 Å². The van der Waals surface area contributed by atoms with Crippen LogP contribution in [0.5, 0.6) is 0 Å². The lowest BCUT2D eigenvalue weighted by molar-refractivity contribution is -0.117. The third kappa shape index (κ3) is 4.35. The molecule has 0 saturated carbocycles. The zero-order valence-corrected chi connectivity index (χ0v) is 14.9. The average molecular weight is 341 g/mol. The van der Waals surface area contributed by atoms with E-state index in [-0.39, 0.29) is 17.5 Å². The number of aryl methyl sites for hydroxylation is 2. The highest BCUT2D eigenvalue weighted by molar-refractivity contribution is 5.92. The molecule has 2 rings (SSSR count). The van der Waals surface area contributed by atoms with E-state index in [9.17, 15) is 9.59 Å². The van der Waals surface area contributed by atoms with Crippen LogP contribution >= 0.6 is 0 Å². The monoisotopic (exact) mass is 341 g/mol. The van der Waals surface area contributed by atoms with Crippen molar-refractivity contribution in [3.63, 3.8) is 0 Å². The van der Waals surface area contributed by atoms with E-state index in [2.05, 4.69) is 10.4 Å². The van der Waals surface area contributed by atoms with E-state index in [4.69, 9.17) is 5.11 Å². The van der Waals surface area contributed by atoms with Crippen LogP contribution in [0.25, 0.3) is 6.08 Å². The summed E-state index contributed by atoms with van der Waals surface area (Å²) in [5, 5.41) is 16.3. The molecule has 1 atom stereocenters. The normalized spacial score (nSPS) is 12.3. The second-order valence-electron chi connectivity index (χ2n) is 5.94. The van der Waals surface area contributed by atoms with Gasteiger partial charge in [-0.1, -0.05) is 19.1 Å². The molecule has 0 radical (unpaired) electrons. The Bertz CT molecular complexity index is 804. The van der Waals surface area contributed by atoms with E-state index in [1.807, 2.05) is 32.5 Å². The molecule has 6 heteroatoms. The van der Waals surface area contributed by atoms with Crippen LogP contribution in [0.1, 0.15) is 52.3 Å². The number of aromatic nitrogens is 2. The molecule has 2 N–H and O–H groups in total. The molecule has 25 heavy (non-hydrogen) atoms. The van der Waals surface area contributed by atoms with Crippen LogP contribution in [0.2, 0.25) is 0 Å². The zero-order valence-electron chi connectivity index (χ0n) is 14.9. The Hall–Kier alpha value is -2.89. The predicted octanol–water partition coefficient (Wildman–Crippen LogP) is 3.02. The Morgan fingerprint density at radius 2 is 1.92 bits per heavy atom. The number of carboxylic acids is 1. The second kappa shape index (κ2) is 7.79. The van der Waals surface area contributed by atoms with Crippen LogP contribution in [0.4, 0.5) is 0 Å². The lowest BCUT2D eigenvalue weighted by Gasteiger charge is -2.16. The smallest absolute Gasteiger partial charge is 0.335 e. The predicted molar refractivity (Wildman–Crippen MR) is 96.3 cm³/mol. The van der Waals surface area contributed by atoms with Crippen molar-refractivity contribution in [3.8, 4) is 0 Å². The molecular weight excluding hydrogens is 318 g/mol. The second-order valence-corrected chi connectivity index (χ2v) is 5.94. The van der Waals surface area contributed by atoms with Gasteiger partial charge in [-0.25, -0.2) is 4.79 Å². The topological polar surface area (TPSA) is 84.2 Å². The highest BCUT2D eigenvalue weighted by atomic mass is 16.4. The van der Waals surface area contributed by atoms with Gasteiger partial charge in [0.25, 0.3) is 0 Å². The van der Waals surface area contributed by atoms with Gasteiger partial charge in [-0.3, -0.25) is 9.48 Å². The molecule has 0 aliphatic rings. The third-order valence-electron chi connectivity index (χ3n) is 4.22. The average Bonchev–Trinajstić information content (AvgIpc) is 2.83. The van der Waals surface area contributed by atoms with E-state index < -0.39 is 5.97 Å². The molecule has 0 fully saturated rings. The van der Waals surface area contributed by atoms with Crippen LogP contribution in [0, 0.1) is 13.8 Å². The molecule has 6 nitrogen and oxygen atoms in total. The lowest BCUT2D eigenvalue weighted by atomic mass is 10.0. The van der Waals surface area contributed by atoms with Gasteiger partial charge in [0.15, 0.2) is 0 Å². The largest absolute Gasteiger partial charge is 0.478 e. The Balaban J connectivity index is 2.08. The fourth-order valence-corrected chi connectivity index (χ4v) is 2.80. The number of nitrogens with zero attached hydrogens (tertiary/aromatic N) is 2. The first-order valence-corrected chi connectivity index (χ1v) is 8.15. The maximum Gasteiger partial charge on any atom is 0.335 e. The summed E-state index contributed by atoms with van der Waals surface area (Å²) in [5.41, 5.74) is 3.99. The molecule has 1 amide bonds. The van der Waals surface area contributed by atoms with Crippen molar-refractivity contribution in [2.75, 3.05) is 0 Å². The summed E-state index contributed by atoms with van der Waals surface area (Å²) in [6, 6.07) is 6.26. The third-order valence-corrected chi connectivity index (χ3v) is 4.22. The number of carbonyl (C=O) groups is 2. The van der Waals surface area contributed by atoms with Crippen molar-refractivity contribution < 1.29 is 14.7 Å².